The van der Waals surface area contributed by atoms with E-state index in [1.54, 1.807) is 6.08 Å². The monoisotopic (exact) mass is 291 g/mol. The topological polar surface area (TPSA) is 58.6 Å². The Morgan fingerprint density at radius 1 is 1.38 bits per heavy atom. The Morgan fingerprint density at radius 3 is 2.62 bits per heavy atom. The van der Waals surface area contributed by atoms with Gasteiger partial charge < -0.3 is 15.2 Å². The van der Waals surface area contributed by atoms with Crippen molar-refractivity contribution in [2.45, 2.75) is 45.4 Å². The molecule has 0 heterocycles. The first-order valence-corrected chi connectivity index (χ1v) is 7.29. The Morgan fingerprint density at radius 2 is 2.05 bits per heavy atom. The molecule has 0 spiro atoms. The lowest BCUT2D eigenvalue weighted by Gasteiger charge is -2.24. The second-order valence-corrected chi connectivity index (χ2v) is 5.53. The fourth-order valence-corrected chi connectivity index (χ4v) is 2.07. The highest BCUT2D eigenvalue weighted by atomic mass is 16.5. The van der Waals surface area contributed by atoms with Gasteiger partial charge in [-0.15, -0.1) is 6.58 Å². The second-order valence-electron chi connectivity index (χ2n) is 5.53. The van der Waals surface area contributed by atoms with Crippen molar-refractivity contribution in [3.63, 3.8) is 0 Å². The Balaban J connectivity index is 2.49. The van der Waals surface area contributed by atoms with Crippen LogP contribution in [0.25, 0.3) is 0 Å². The van der Waals surface area contributed by atoms with E-state index in [2.05, 4.69) is 11.9 Å². The highest BCUT2D eigenvalue weighted by molar-refractivity contribution is 5.67. The number of aliphatic hydroxyl groups excluding tert-OH is 1. The van der Waals surface area contributed by atoms with Crippen LogP contribution in [0, 0.1) is 5.92 Å². The summed E-state index contributed by atoms with van der Waals surface area (Å²) in [5.74, 6) is 0.365. The number of benzene rings is 1. The maximum absolute atomic E-state index is 11.8. The van der Waals surface area contributed by atoms with E-state index in [0.29, 0.717) is 18.8 Å². The molecule has 4 heteroatoms. The fourth-order valence-electron chi connectivity index (χ4n) is 2.07. The van der Waals surface area contributed by atoms with Crippen molar-refractivity contribution >= 4 is 6.09 Å². The highest BCUT2D eigenvalue weighted by Gasteiger charge is 2.22. The maximum atomic E-state index is 11.8. The van der Waals surface area contributed by atoms with Gasteiger partial charge >= 0.3 is 6.09 Å². The molecule has 0 bridgehead atoms. The van der Waals surface area contributed by atoms with Crippen molar-refractivity contribution in [2.24, 2.45) is 5.92 Å². The zero-order chi connectivity index (χ0) is 15.7. The largest absolute Gasteiger partial charge is 0.445 e. The van der Waals surface area contributed by atoms with Crippen molar-refractivity contribution in [3.05, 3.63) is 48.6 Å². The molecule has 0 aliphatic rings. The van der Waals surface area contributed by atoms with Crippen LogP contribution in [0.1, 0.15) is 32.3 Å². The quantitative estimate of drug-likeness (QED) is 0.723. The van der Waals surface area contributed by atoms with Gasteiger partial charge in [0.2, 0.25) is 0 Å². The summed E-state index contributed by atoms with van der Waals surface area (Å²) < 4.78 is 5.18. The molecular formula is C17H25NO3. The Hall–Kier alpha value is -1.81. The van der Waals surface area contributed by atoms with Gasteiger partial charge in [-0.1, -0.05) is 50.3 Å². The molecule has 0 aromatic heterocycles. The van der Waals surface area contributed by atoms with Crippen molar-refractivity contribution in [1.29, 1.82) is 0 Å². The van der Waals surface area contributed by atoms with E-state index in [1.165, 1.54) is 0 Å². The van der Waals surface area contributed by atoms with Crippen molar-refractivity contribution in [3.8, 4) is 0 Å². The van der Waals surface area contributed by atoms with Crippen LogP contribution in [0.5, 0.6) is 0 Å². The Bertz CT molecular complexity index is 431. The van der Waals surface area contributed by atoms with Gasteiger partial charge in [0.15, 0.2) is 0 Å². The van der Waals surface area contributed by atoms with Crippen LogP contribution >= 0.6 is 0 Å². The first kappa shape index (κ1) is 17.2. The van der Waals surface area contributed by atoms with Crippen LogP contribution in [-0.4, -0.2) is 23.3 Å². The third kappa shape index (κ3) is 6.95. The molecular weight excluding hydrogens is 266 g/mol. The van der Waals surface area contributed by atoms with E-state index >= 15 is 0 Å². The lowest BCUT2D eigenvalue weighted by Crippen LogP contribution is -2.44. The van der Waals surface area contributed by atoms with Crippen molar-refractivity contribution in [1.82, 2.24) is 5.32 Å². The number of rotatable bonds is 8. The Labute approximate surface area is 126 Å². The van der Waals surface area contributed by atoms with E-state index in [1.807, 2.05) is 44.2 Å². The van der Waals surface area contributed by atoms with E-state index in [-0.39, 0.29) is 12.6 Å². The van der Waals surface area contributed by atoms with Gasteiger partial charge in [-0.05, 0) is 24.3 Å². The van der Waals surface area contributed by atoms with Crippen molar-refractivity contribution < 1.29 is 14.6 Å². The molecule has 116 valence electrons. The summed E-state index contributed by atoms with van der Waals surface area (Å²) in [5.41, 5.74) is 0.930. The molecule has 2 N–H and O–H groups in total. The molecule has 1 aromatic carbocycles. The lowest BCUT2D eigenvalue weighted by molar-refractivity contribution is 0.0958. The molecule has 1 amide bonds. The number of ether oxygens (including phenoxy) is 1. The van der Waals surface area contributed by atoms with Crippen LogP contribution in [0.2, 0.25) is 0 Å². The number of carbonyl (C=O) groups excluding carboxylic acids is 1. The van der Waals surface area contributed by atoms with Crippen molar-refractivity contribution in [2.75, 3.05) is 0 Å². The molecule has 1 rings (SSSR count). The summed E-state index contributed by atoms with van der Waals surface area (Å²) >= 11 is 0. The number of carbonyl (C=O) groups is 1. The van der Waals surface area contributed by atoms with E-state index in [0.717, 1.165) is 5.56 Å². The van der Waals surface area contributed by atoms with Crippen LogP contribution in [-0.2, 0) is 11.3 Å². The molecule has 2 atom stereocenters. The number of nitrogens with one attached hydrogen (secondary N) is 1. The number of aliphatic hydroxyl groups is 1. The number of hydrogen-bond donors (Lipinski definition) is 2. The van der Waals surface area contributed by atoms with Crippen LogP contribution < -0.4 is 5.32 Å². The third-order valence-corrected chi connectivity index (χ3v) is 3.11. The maximum Gasteiger partial charge on any atom is 0.407 e. The molecule has 0 fully saturated rings. The van der Waals surface area contributed by atoms with E-state index in [9.17, 15) is 9.90 Å². The lowest BCUT2D eigenvalue weighted by atomic mass is 9.97. The number of amides is 1. The minimum absolute atomic E-state index is 0.221. The molecule has 0 aliphatic carbocycles. The molecule has 0 aliphatic heterocycles. The second kappa shape index (κ2) is 9.19. The van der Waals surface area contributed by atoms with E-state index in [4.69, 9.17) is 4.74 Å². The summed E-state index contributed by atoms with van der Waals surface area (Å²) in [5, 5.41) is 12.8. The first-order chi connectivity index (χ1) is 10.0. The molecule has 21 heavy (non-hydrogen) atoms. The predicted molar refractivity (Wildman–Crippen MR) is 83.8 cm³/mol. The van der Waals surface area contributed by atoms with Gasteiger partial charge in [0, 0.05) is 0 Å². The molecule has 0 radical (unpaired) electrons. The predicted octanol–water partition coefficient (Wildman–Crippen LogP) is 3.26. The van der Waals surface area contributed by atoms with Crippen LogP contribution in [0.4, 0.5) is 4.79 Å². The smallest absolute Gasteiger partial charge is 0.407 e. The fraction of sp³-hybridized carbons (Fsp3) is 0.471. The minimum Gasteiger partial charge on any atom is -0.445 e. The molecule has 0 saturated carbocycles. The SMILES string of the molecule is C=CC[C@@H](O)[C@@H](CC(C)C)NC(=O)OCc1ccccc1. The van der Waals surface area contributed by atoms with Crippen LogP contribution in [0.3, 0.4) is 0 Å². The highest BCUT2D eigenvalue weighted by Crippen LogP contribution is 2.12. The Kier molecular flexibility index (Phi) is 7.54. The summed E-state index contributed by atoms with van der Waals surface area (Å²) in [4.78, 5) is 11.8. The average Bonchev–Trinajstić information content (AvgIpc) is 2.45. The molecule has 0 unspecified atom stereocenters. The molecule has 1 aromatic rings. The molecule has 4 nitrogen and oxygen atoms in total. The summed E-state index contributed by atoms with van der Waals surface area (Å²) in [7, 11) is 0. The first-order valence-electron chi connectivity index (χ1n) is 7.29. The van der Waals surface area contributed by atoms with Gasteiger partial charge in [-0.2, -0.15) is 0 Å². The average molecular weight is 291 g/mol. The normalized spacial score (nSPS) is 13.5. The summed E-state index contributed by atoms with van der Waals surface area (Å²) in [6.07, 6.45) is 1.63. The zero-order valence-electron chi connectivity index (χ0n) is 12.8. The third-order valence-electron chi connectivity index (χ3n) is 3.11. The van der Waals surface area contributed by atoms with Gasteiger partial charge in [-0.25, -0.2) is 4.79 Å². The van der Waals surface area contributed by atoms with Gasteiger partial charge in [0.05, 0.1) is 12.1 Å². The molecule has 0 saturated heterocycles. The van der Waals surface area contributed by atoms with Gasteiger partial charge in [0.1, 0.15) is 6.61 Å². The van der Waals surface area contributed by atoms with Gasteiger partial charge in [-0.3, -0.25) is 0 Å². The van der Waals surface area contributed by atoms with Gasteiger partial charge in [0.25, 0.3) is 0 Å². The number of hydrogen-bond acceptors (Lipinski definition) is 3. The summed E-state index contributed by atoms with van der Waals surface area (Å²) in [6.45, 7) is 7.93. The zero-order valence-corrected chi connectivity index (χ0v) is 12.8. The number of alkyl carbamates (subject to hydrolysis) is 1. The van der Waals surface area contributed by atoms with Crippen LogP contribution in [0.15, 0.2) is 43.0 Å². The van der Waals surface area contributed by atoms with E-state index < -0.39 is 12.2 Å². The minimum atomic E-state index is -0.644. The summed E-state index contributed by atoms with van der Waals surface area (Å²) in [6, 6.07) is 9.16. The standard InChI is InChI=1S/C17H25NO3/c1-4-8-16(19)15(11-13(2)3)18-17(20)21-12-14-9-6-5-7-10-14/h4-7,9-10,13,15-16,19H,1,8,11-12H2,2-3H3,(H,18,20)/t15-,16-/m1/s1.